The molecular formula is C10H11N. The molecule has 0 unspecified atom stereocenters. The molecule has 1 aromatic carbocycles. The van der Waals surface area contributed by atoms with Crippen LogP contribution in [0.3, 0.4) is 0 Å². The highest BCUT2D eigenvalue weighted by atomic mass is 14.4. The molecule has 0 aliphatic carbocycles. The van der Waals surface area contributed by atoms with Crippen LogP contribution in [-0.4, -0.2) is 5.71 Å². The Hall–Kier alpha value is -1.37. The first kappa shape index (κ1) is 7.73. The van der Waals surface area contributed by atoms with Crippen molar-refractivity contribution in [2.24, 2.45) is 0 Å². The number of aryl methyl sites for hydroxylation is 1. The fourth-order valence-electron chi connectivity index (χ4n) is 0.851. The molecule has 0 radical (unpaired) electrons. The molecule has 0 saturated carbocycles. The van der Waals surface area contributed by atoms with Gasteiger partial charge >= 0.3 is 0 Å². The van der Waals surface area contributed by atoms with Gasteiger partial charge in [-0.3, -0.25) is 0 Å². The third-order valence-electron chi connectivity index (χ3n) is 1.57. The van der Waals surface area contributed by atoms with Crippen molar-refractivity contribution in [3.8, 4) is 0 Å². The Morgan fingerprint density at radius 2 is 1.91 bits per heavy atom. The first-order valence-corrected chi connectivity index (χ1v) is 3.52. The van der Waals surface area contributed by atoms with E-state index < -0.39 is 0 Å². The highest BCUT2D eigenvalue weighted by Gasteiger charge is 1.93. The van der Waals surface area contributed by atoms with E-state index in [0.717, 1.165) is 5.56 Å². The van der Waals surface area contributed by atoms with E-state index in [0.29, 0.717) is 5.71 Å². The fraction of sp³-hybridized carbons (Fsp3) is 0.100. The van der Waals surface area contributed by atoms with Gasteiger partial charge in [0.15, 0.2) is 0 Å². The fourth-order valence-corrected chi connectivity index (χ4v) is 0.851. The van der Waals surface area contributed by atoms with E-state index in [4.69, 9.17) is 5.41 Å². The quantitative estimate of drug-likeness (QED) is 0.618. The molecule has 1 heteroatoms. The van der Waals surface area contributed by atoms with Crippen LogP contribution in [0.5, 0.6) is 0 Å². The predicted molar refractivity (Wildman–Crippen MR) is 48.2 cm³/mol. The van der Waals surface area contributed by atoms with Crippen molar-refractivity contribution in [3.63, 3.8) is 0 Å². The molecule has 1 nitrogen and oxygen atoms in total. The third-order valence-corrected chi connectivity index (χ3v) is 1.57. The van der Waals surface area contributed by atoms with E-state index in [1.807, 2.05) is 31.2 Å². The monoisotopic (exact) mass is 145 g/mol. The minimum atomic E-state index is 0.477. The average molecular weight is 145 g/mol. The normalized spacial score (nSPS) is 9.18. The Balaban J connectivity index is 2.98. The maximum Gasteiger partial charge on any atom is 0.0606 e. The lowest BCUT2D eigenvalue weighted by atomic mass is 10.1. The summed E-state index contributed by atoms with van der Waals surface area (Å²) in [7, 11) is 0. The number of nitrogens with one attached hydrogen (secondary N) is 1. The number of benzene rings is 1. The van der Waals surface area contributed by atoms with Gasteiger partial charge in [0.1, 0.15) is 0 Å². The van der Waals surface area contributed by atoms with Crippen LogP contribution >= 0.6 is 0 Å². The Morgan fingerprint density at radius 3 is 2.36 bits per heavy atom. The van der Waals surface area contributed by atoms with Gasteiger partial charge in [0.25, 0.3) is 0 Å². The van der Waals surface area contributed by atoms with Crippen LogP contribution in [0.25, 0.3) is 0 Å². The van der Waals surface area contributed by atoms with Gasteiger partial charge in [0.2, 0.25) is 0 Å². The number of hydrogen-bond acceptors (Lipinski definition) is 1. The Bertz CT molecular complexity index is 269. The second kappa shape index (κ2) is 3.15. The van der Waals surface area contributed by atoms with Crippen LogP contribution < -0.4 is 0 Å². The summed E-state index contributed by atoms with van der Waals surface area (Å²) in [5, 5.41) is 7.43. The second-order valence-electron chi connectivity index (χ2n) is 2.48. The number of allylic oxidation sites excluding steroid dienone is 1. The summed E-state index contributed by atoms with van der Waals surface area (Å²) in [6.45, 7) is 5.56. The average Bonchev–Trinajstić information content (AvgIpc) is 2.05. The molecule has 0 fully saturated rings. The second-order valence-corrected chi connectivity index (χ2v) is 2.48. The van der Waals surface area contributed by atoms with Crippen molar-refractivity contribution < 1.29 is 0 Å². The highest BCUT2D eigenvalue weighted by molar-refractivity contribution is 6.06. The molecule has 0 spiro atoms. The van der Waals surface area contributed by atoms with Crippen LogP contribution in [-0.2, 0) is 0 Å². The molecule has 0 amide bonds. The molecular weight excluding hydrogens is 134 g/mol. The van der Waals surface area contributed by atoms with Crippen molar-refractivity contribution in [2.75, 3.05) is 0 Å². The van der Waals surface area contributed by atoms with E-state index in [2.05, 4.69) is 6.58 Å². The molecule has 1 N–H and O–H groups in total. The van der Waals surface area contributed by atoms with Gasteiger partial charge in [0, 0.05) is 0 Å². The van der Waals surface area contributed by atoms with Gasteiger partial charge < -0.3 is 5.41 Å². The first-order chi connectivity index (χ1) is 5.24. The molecule has 0 heterocycles. The molecule has 11 heavy (non-hydrogen) atoms. The molecule has 0 aliphatic rings. The van der Waals surface area contributed by atoms with Crippen LogP contribution in [0, 0.1) is 12.3 Å². The van der Waals surface area contributed by atoms with Gasteiger partial charge in [0.05, 0.1) is 5.71 Å². The highest BCUT2D eigenvalue weighted by Crippen LogP contribution is 2.03. The molecule has 1 aromatic rings. The lowest BCUT2D eigenvalue weighted by Crippen LogP contribution is -1.92. The zero-order valence-corrected chi connectivity index (χ0v) is 6.59. The summed E-state index contributed by atoms with van der Waals surface area (Å²) < 4.78 is 0. The smallest absolute Gasteiger partial charge is 0.0606 e. The van der Waals surface area contributed by atoms with Crippen LogP contribution in [0.1, 0.15) is 11.1 Å². The van der Waals surface area contributed by atoms with E-state index in [9.17, 15) is 0 Å². The van der Waals surface area contributed by atoms with Crippen molar-refractivity contribution in [1.82, 2.24) is 0 Å². The van der Waals surface area contributed by atoms with Gasteiger partial charge in [-0.15, -0.1) is 0 Å². The number of hydrogen-bond donors (Lipinski definition) is 1. The third kappa shape index (κ3) is 1.77. The topological polar surface area (TPSA) is 23.9 Å². The maximum atomic E-state index is 7.43. The summed E-state index contributed by atoms with van der Waals surface area (Å²) >= 11 is 0. The molecule has 1 rings (SSSR count). The van der Waals surface area contributed by atoms with Gasteiger partial charge in [-0.05, 0) is 18.6 Å². The molecule has 0 bridgehead atoms. The largest absolute Gasteiger partial charge is 0.300 e. The minimum Gasteiger partial charge on any atom is -0.300 e. The summed E-state index contributed by atoms with van der Waals surface area (Å²) in [5.41, 5.74) is 2.61. The van der Waals surface area contributed by atoms with Crippen molar-refractivity contribution in [2.45, 2.75) is 6.92 Å². The van der Waals surface area contributed by atoms with Crippen molar-refractivity contribution in [3.05, 3.63) is 48.0 Å². The van der Waals surface area contributed by atoms with Gasteiger partial charge in [-0.25, -0.2) is 0 Å². The van der Waals surface area contributed by atoms with E-state index >= 15 is 0 Å². The predicted octanol–water partition coefficient (Wildman–Crippen LogP) is 2.55. The summed E-state index contributed by atoms with van der Waals surface area (Å²) in [6.07, 6.45) is 1.55. The van der Waals surface area contributed by atoms with Crippen LogP contribution in [0.2, 0.25) is 0 Å². The van der Waals surface area contributed by atoms with Crippen molar-refractivity contribution in [1.29, 1.82) is 5.41 Å². The zero-order valence-electron chi connectivity index (χ0n) is 6.59. The van der Waals surface area contributed by atoms with E-state index in [1.165, 1.54) is 5.56 Å². The summed E-state index contributed by atoms with van der Waals surface area (Å²) in [6, 6.07) is 7.85. The standard InChI is InChI=1S/C10H11N/c1-3-10(11)9-6-4-8(2)5-7-9/h3-7,11H,1H2,2H3. The van der Waals surface area contributed by atoms with E-state index in [-0.39, 0.29) is 0 Å². The molecule has 56 valence electrons. The van der Waals surface area contributed by atoms with Gasteiger partial charge in [-0.1, -0.05) is 36.4 Å². The Labute approximate surface area is 66.9 Å². The zero-order chi connectivity index (χ0) is 8.27. The Kier molecular flexibility index (Phi) is 2.21. The molecule has 0 aliphatic heterocycles. The summed E-state index contributed by atoms with van der Waals surface area (Å²) in [5.74, 6) is 0. The van der Waals surface area contributed by atoms with Crippen LogP contribution in [0.4, 0.5) is 0 Å². The van der Waals surface area contributed by atoms with E-state index in [1.54, 1.807) is 6.08 Å². The summed E-state index contributed by atoms with van der Waals surface area (Å²) in [4.78, 5) is 0. The lowest BCUT2D eigenvalue weighted by Gasteiger charge is -1.97. The lowest BCUT2D eigenvalue weighted by molar-refractivity contribution is 1.44. The molecule has 0 saturated heterocycles. The molecule has 0 atom stereocenters. The molecule has 0 aromatic heterocycles. The van der Waals surface area contributed by atoms with Gasteiger partial charge in [-0.2, -0.15) is 0 Å². The van der Waals surface area contributed by atoms with Crippen LogP contribution in [0.15, 0.2) is 36.9 Å². The number of rotatable bonds is 2. The maximum absolute atomic E-state index is 7.43. The first-order valence-electron chi connectivity index (χ1n) is 3.52. The minimum absolute atomic E-state index is 0.477. The Morgan fingerprint density at radius 1 is 1.36 bits per heavy atom. The SMILES string of the molecule is C=CC(=N)c1ccc(C)cc1. The van der Waals surface area contributed by atoms with Crippen molar-refractivity contribution >= 4 is 5.71 Å².